The van der Waals surface area contributed by atoms with E-state index in [0.717, 1.165) is 11.1 Å². The van der Waals surface area contributed by atoms with E-state index >= 15 is 0 Å². The zero-order chi connectivity index (χ0) is 24.3. The zero-order valence-electron chi connectivity index (χ0n) is 19.6. The largest absolute Gasteiger partial charge is 0.341 e. The van der Waals surface area contributed by atoms with Gasteiger partial charge in [0.1, 0.15) is 6.04 Å². The number of hydrogen-bond donors (Lipinski definition) is 1. The molecule has 9 heteroatoms. The molecule has 8 nitrogen and oxygen atoms in total. The van der Waals surface area contributed by atoms with E-state index in [9.17, 15) is 13.2 Å². The molecule has 34 heavy (non-hydrogen) atoms. The molecule has 1 N–H and O–H groups in total. The molecule has 1 amide bonds. The van der Waals surface area contributed by atoms with Gasteiger partial charge >= 0.3 is 0 Å². The Morgan fingerprint density at radius 1 is 1.06 bits per heavy atom. The van der Waals surface area contributed by atoms with Crippen molar-refractivity contribution in [1.82, 2.24) is 19.8 Å². The second-order valence-corrected chi connectivity index (χ2v) is 10.8. The fraction of sp³-hybridized carbons (Fsp3) is 0.400. The number of aromatic nitrogens is 2. The minimum atomic E-state index is -3.80. The highest BCUT2D eigenvalue weighted by Gasteiger charge is 2.34. The normalized spacial score (nSPS) is 16.1. The Kier molecular flexibility index (Phi) is 7.13. The van der Waals surface area contributed by atoms with E-state index in [1.54, 1.807) is 23.1 Å². The number of nitrogens with zero attached hydrogens (tertiary/aromatic N) is 3. The van der Waals surface area contributed by atoms with Crippen molar-refractivity contribution >= 4 is 15.9 Å². The van der Waals surface area contributed by atoms with Gasteiger partial charge in [-0.2, -0.15) is 9.71 Å². The molecule has 1 aliphatic heterocycles. The van der Waals surface area contributed by atoms with Crippen molar-refractivity contribution in [2.45, 2.75) is 50.5 Å². The van der Waals surface area contributed by atoms with Crippen molar-refractivity contribution in [2.24, 2.45) is 5.92 Å². The molecule has 0 unspecified atom stereocenters. The van der Waals surface area contributed by atoms with Crippen LogP contribution in [0, 0.1) is 12.8 Å². The number of sulfonamides is 1. The fourth-order valence-corrected chi connectivity index (χ4v) is 5.43. The Bertz CT molecular complexity index is 1220. The number of hydrogen-bond acceptors (Lipinski definition) is 6. The van der Waals surface area contributed by atoms with E-state index in [0.29, 0.717) is 37.6 Å². The third kappa shape index (κ3) is 5.37. The maximum Gasteiger partial charge on any atom is 0.241 e. The topological polar surface area (TPSA) is 105 Å². The van der Waals surface area contributed by atoms with Crippen molar-refractivity contribution in [2.75, 3.05) is 13.1 Å². The van der Waals surface area contributed by atoms with Gasteiger partial charge in [-0.15, -0.1) is 0 Å². The summed E-state index contributed by atoms with van der Waals surface area (Å²) in [6.45, 7) is 6.71. The molecule has 0 spiro atoms. The molecule has 1 saturated heterocycles. The standard InChI is InChI=1S/C25H30N4O4S/c1-17(2)22(28-34(31,32)21-7-5-4-6-8-21)25(30)29-15-13-20(14-16-29)24-26-23(27-33-24)19-11-9-18(3)10-12-19/h4-12,17,20,22,28H,13-16H2,1-3H3/t22-/m1/s1. The summed E-state index contributed by atoms with van der Waals surface area (Å²) in [5.74, 6) is 0.793. The van der Waals surface area contributed by atoms with Crippen LogP contribution in [-0.2, 0) is 14.8 Å². The average Bonchev–Trinajstić information content (AvgIpc) is 3.33. The third-order valence-electron chi connectivity index (χ3n) is 6.18. The van der Waals surface area contributed by atoms with Crippen molar-refractivity contribution < 1.29 is 17.7 Å². The summed E-state index contributed by atoms with van der Waals surface area (Å²) >= 11 is 0. The van der Waals surface area contributed by atoms with Crippen molar-refractivity contribution in [1.29, 1.82) is 0 Å². The molecule has 0 radical (unpaired) electrons. The highest BCUT2D eigenvalue weighted by atomic mass is 32.2. The Morgan fingerprint density at radius 3 is 2.32 bits per heavy atom. The van der Waals surface area contributed by atoms with Gasteiger partial charge in [-0.1, -0.05) is 67.0 Å². The van der Waals surface area contributed by atoms with Crippen LogP contribution in [0.5, 0.6) is 0 Å². The summed E-state index contributed by atoms with van der Waals surface area (Å²) in [6, 6.07) is 15.2. The Balaban J connectivity index is 1.40. The summed E-state index contributed by atoms with van der Waals surface area (Å²) in [5, 5.41) is 4.12. The molecular weight excluding hydrogens is 452 g/mol. The molecule has 1 atom stereocenters. The maximum atomic E-state index is 13.3. The number of amides is 1. The SMILES string of the molecule is Cc1ccc(-c2noc(C3CCN(C(=O)[C@H](NS(=O)(=O)c4ccccc4)C(C)C)CC3)n2)cc1. The lowest BCUT2D eigenvalue weighted by Crippen LogP contribution is -2.52. The van der Waals surface area contributed by atoms with Gasteiger partial charge in [0.2, 0.25) is 27.6 Å². The number of rotatable bonds is 7. The molecule has 4 rings (SSSR count). The van der Waals surface area contributed by atoms with Gasteiger partial charge in [0.05, 0.1) is 4.90 Å². The Morgan fingerprint density at radius 2 is 1.71 bits per heavy atom. The van der Waals surface area contributed by atoms with Crippen LogP contribution in [-0.4, -0.2) is 48.5 Å². The molecule has 0 aliphatic carbocycles. The lowest BCUT2D eigenvalue weighted by Gasteiger charge is -2.34. The monoisotopic (exact) mass is 482 g/mol. The predicted octanol–water partition coefficient (Wildman–Crippen LogP) is 3.75. The highest BCUT2D eigenvalue weighted by molar-refractivity contribution is 7.89. The summed E-state index contributed by atoms with van der Waals surface area (Å²) in [7, 11) is -3.80. The molecular formula is C25H30N4O4S. The lowest BCUT2D eigenvalue weighted by molar-refractivity contribution is -0.135. The van der Waals surface area contributed by atoms with Crippen molar-refractivity contribution in [3.63, 3.8) is 0 Å². The average molecular weight is 483 g/mol. The second-order valence-electron chi connectivity index (χ2n) is 9.08. The van der Waals surface area contributed by atoms with Gasteiger partial charge in [-0.05, 0) is 37.8 Å². The first-order valence-electron chi connectivity index (χ1n) is 11.5. The highest BCUT2D eigenvalue weighted by Crippen LogP contribution is 2.29. The number of piperidine rings is 1. The number of likely N-dealkylation sites (tertiary alicyclic amines) is 1. The maximum absolute atomic E-state index is 13.3. The van der Waals surface area contributed by atoms with Crippen LogP contribution >= 0.6 is 0 Å². The van der Waals surface area contributed by atoms with E-state index in [2.05, 4.69) is 14.9 Å². The van der Waals surface area contributed by atoms with E-state index < -0.39 is 16.1 Å². The number of carbonyl (C=O) groups excluding carboxylic acids is 1. The smallest absolute Gasteiger partial charge is 0.241 e. The van der Waals surface area contributed by atoms with Crippen LogP contribution in [0.3, 0.4) is 0 Å². The van der Waals surface area contributed by atoms with Crippen LogP contribution in [0.4, 0.5) is 0 Å². The molecule has 0 saturated carbocycles. The first kappa shape index (κ1) is 24.1. The zero-order valence-corrected chi connectivity index (χ0v) is 20.5. The third-order valence-corrected chi connectivity index (χ3v) is 7.63. The van der Waals surface area contributed by atoms with Gasteiger partial charge in [-0.3, -0.25) is 4.79 Å². The van der Waals surface area contributed by atoms with Gasteiger partial charge in [0, 0.05) is 24.6 Å². The summed E-state index contributed by atoms with van der Waals surface area (Å²) < 4.78 is 33.7. The summed E-state index contributed by atoms with van der Waals surface area (Å²) in [6.07, 6.45) is 1.36. The molecule has 2 aromatic carbocycles. The van der Waals surface area contributed by atoms with Crippen LogP contribution in [0.1, 0.15) is 44.1 Å². The van der Waals surface area contributed by atoms with Crippen LogP contribution in [0.25, 0.3) is 11.4 Å². The predicted molar refractivity (Wildman–Crippen MR) is 128 cm³/mol. The van der Waals surface area contributed by atoms with Crippen LogP contribution in [0.2, 0.25) is 0 Å². The summed E-state index contributed by atoms with van der Waals surface area (Å²) in [4.78, 5) is 19.7. The van der Waals surface area contributed by atoms with Gasteiger partial charge in [-0.25, -0.2) is 8.42 Å². The molecule has 3 aromatic rings. The first-order valence-corrected chi connectivity index (χ1v) is 13.0. The van der Waals surface area contributed by atoms with Gasteiger partial charge in [0.25, 0.3) is 0 Å². The number of aryl methyl sites for hydroxylation is 1. The molecule has 1 aliphatic rings. The molecule has 2 heterocycles. The Labute approximate surface area is 200 Å². The van der Waals surface area contributed by atoms with Gasteiger partial charge < -0.3 is 9.42 Å². The summed E-state index contributed by atoms with van der Waals surface area (Å²) in [5.41, 5.74) is 2.06. The first-order chi connectivity index (χ1) is 16.2. The molecule has 1 fully saturated rings. The number of nitrogens with one attached hydrogen (secondary N) is 1. The molecule has 180 valence electrons. The minimum absolute atomic E-state index is 0.0641. The lowest BCUT2D eigenvalue weighted by atomic mass is 9.95. The van der Waals surface area contributed by atoms with Gasteiger partial charge in [0.15, 0.2) is 0 Å². The molecule has 0 bridgehead atoms. The van der Waals surface area contributed by atoms with Crippen molar-refractivity contribution in [3.8, 4) is 11.4 Å². The Hall–Kier alpha value is -3.04. The fourth-order valence-electron chi connectivity index (χ4n) is 4.07. The van der Waals surface area contributed by atoms with E-state index in [1.807, 2.05) is 45.0 Å². The quantitative estimate of drug-likeness (QED) is 0.550. The number of carbonyl (C=O) groups is 1. The van der Waals surface area contributed by atoms with E-state index in [4.69, 9.17) is 4.52 Å². The van der Waals surface area contributed by atoms with E-state index in [1.165, 1.54) is 12.1 Å². The van der Waals surface area contributed by atoms with Crippen LogP contribution < -0.4 is 4.72 Å². The second kappa shape index (κ2) is 10.1. The minimum Gasteiger partial charge on any atom is -0.341 e. The van der Waals surface area contributed by atoms with Crippen LogP contribution in [0.15, 0.2) is 64.0 Å². The van der Waals surface area contributed by atoms with Crippen molar-refractivity contribution in [3.05, 3.63) is 66.1 Å². The molecule has 1 aromatic heterocycles. The number of benzene rings is 2. The van der Waals surface area contributed by atoms with E-state index in [-0.39, 0.29) is 22.6 Å².